The van der Waals surface area contributed by atoms with Crippen molar-refractivity contribution >= 4 is 33.6 Å². The monoisotopic (exact) mass is 390 g/mol. The number of rotatable bonds is 7. The zero-order valence-electron chi connectivity index (χ0n) is 15.2. The molecule has 0 atom stereocenters. The van der Waals surface area contributed by atoms with E-state index in [-0.39, 0.29) is 23.3 Å². The molecule has 2 aliphatic rings. The van der Waals surface area contributed by atoms with Crippen LogP contribution < -0.4 is 4.65 Å². The van der Waals surface area contributed by atoms with E-state index < -0.39 is 17.0 Å². The van der Waals surface area contributed by atoms with Gasteiger partial charge in [-0.15, -0.1) is 0 Å². The quantitative estimate of drug-likeness (QED) is 0.553. The average Bonchev–Trinajstić information content (AvgIpc) is 3.05. The van der Waals surface area contributed by atoms with E-state index >= 15 is 0 Å². The van der Waals surface area contributed by atoms with E-state index in [0.29, 0.717) is 18.8 Å². The minimum atomic E-state index is -3.05. The van der Waals surface area contributed by atoms with Gasteiger partial charge < -0.3 is 19.4 Å². The van der Waals surface area contributed by atoms with Crippen LogP contribution in [0.25, 0.3) is 16.6 Å². The Balaban J connectivity index is 1.48. The van der Waals surface area contributed by atoms with Crippen LogP contribution in [-0.4, -0.2) is 55.8 Å². The van der Waals surface area contributed by atoms with Gasteiger partial charge in [0.25, 0.3) is 0 Å². The minimum Gasteiger partial charge on any atom is -0.531 e. The molecule has 9 heteroatoms. The van der Waals surface area contributed by atoms with Gasteiger partial charge >= 0.3 is 7.12 Å². The number of pyridine rings is 1. The highest BCUT2D eigenvalue weighted by Crippen LogP contribution is 2.48. The van der Waals surface area contributed by atoms with E-state index in [2.05, 4.69) is 9.97 Å². The molecule has 144 valence electrons. The Bertz CT molecular complexity index is 965. The molecule has 1 fully saturated rings. The number of fused-ring (bicyclic) bond motifs is 3. The average molecular weight is 390 g/mol. The summed E-state index contributed by atoms with van der Waals surface area (Å²) in [5.41, 5.74) is 2.76. The van der Waals surface area contributed by atoms with E-state index in [0.717, 1.165) is 35.0 Å². The number of hydrogen-bond donors (Lipinski definition) is 2. The largest absolute Gasteiger partial charge is 0.552 e. The molecule has 27 heavy (non-hydrogen) atoms. The molecule has 2 aromatic heterocycles. The minimum absolute atomic E-state index is 0.162. The predicted octanol–water partition coefficient (Wildman–Crippen LogP) is 1.84. The number of methoxy groups -OCH3 is 1. The lowest BCUT2D eigenvalue weighted by atomic mass is 9.66. The van der Waals surface area contributed by atoms with Gasteiger partial charge in [-0.05, 0) is 48.7 Å². The molecule has 1 saturated carbocycles. The molecule has 0 saturated heterocycles. The zero-order valence-corrected chi connectivity index (χ0v) is 16.0. The Kier molecular flexibility index (Phi) is 5.00. The second kappa shape index (κ2) is 7.29. The summed E-state index contributed by atoms with van der Waals surface area (Å²) in [6.45, 7) is 0.467. The van der Waals surface area contributed by atoms with Gasteiger partial charge in [0.05, 0.1) is 17.7 Å². The summed E-state index contributed by atoms with van der Waals surface area (Å²) < 4.78 is 34.9. The van der Waals surface area contributed by atoms with Crippen molar-refractivity contribution in [3.8, 4) is 5.75 Å². The third kappa shape index (κ3) is 3.76. The molecule has 0 radical (unpaired) electrons. The van der Waals surface area contributed by atoms with Crippen molar-refractivity contribution in [2.24, 2.45) is 11.8 Å². The van der Waals surface area contributed by atoms with E-state index in [1.165, 1.54) is 0 Å². The number of H-pyrrole nitrogens is 1. The van der Waals surface area contributed by atoms with Crippen LogP contribution in [0.2, 0.25) is 0 Å². The Hall–Kier alpha value is -1.84. The summed E-state index contributed by atoms with van der Waals surface area (Å²) in [5.74, 6) is 3.10. The standard InChI is InChI=1S/C18H23BN2O5S/c1-25-5-2-6-27(23,24)11-12-7-13(8-12)15-9-19(22)26-16-10-21-18-14(17(15)16)3-4-20-18/h3-4,9-10,12-13,22H,2,5-8,11H2,1H3,(H,20,21). The van der Waals surface area contributed by atoms with Crippen molar-refractivity contribution in [1.29, 1.82) is 0 Å². The first kappa shape index (κ1) is 18.5. The molecule has 0 aromatic carbocycles. The lowest BCUT2D eigenvalue weighted by Crippen LogP contribution is -2.34. The highest BCUT2D eigenvalue weighted by molar-refractivity contribution is 7.91. The fourth-order valence-electron chi connectivity index (χ4n) is 4.11. The van der Waals surface area contributed by atoms with Crippen molar-refractivity contribution in [2.45, 2.75) is 19.3 Å². The first-order chi connectivity index (χ1) is 13.0. The number of aromatic amines is 1. The van der Waals surface area contributed by atoms with Crippen LogP contribution >= 0.6 is 0 Å². The molecular formula is C18H23BN2O5S. The molecule has 2 N–H and O–H groups in total. The fourth-order valence-corrected chi connectivity index (χ4v) is 5.82. The van der Waals surface area contributed by atoms with Gasteiger partial charge in [0.1, 0.15) is 11.4 Å². The third-order valence-electron chi connectivity index (χ3n) is 5.38. The van der Waals surface area contributed by atoms with Crippen molar-refractivity contribution in [3.63, 3.8) is 0 Å². The second-order valence-corrected chi connectivity index (χ2v) is 9.59. The molecule has 2 aromatic rings. The maximum Gasteiger partial charge on any atom is 0.552 e. The first-order valence-electron chi connectivity index (χ1n) is 9.19. The summed E-state index contributed by atoms with van der Waals surface area (Å²) in [6.07, 6.45) is 5.60. The molecule has 0 amide bonds. The van der Waals surface area contributed by atoms with Gasteiger partial charge in [-0.3, -0.25) is 0 Å². The summed E-state index contributed by atoms with van der Waals surface area (Å²) in [4.78, 5) is 7.41. The van der Waals surface area contributed by atoms with E-state index in [1.54, 1.807) is 19.3 Å². The molecule has 0 bridgehead atoms. The zero-order chi connectivity index (χ0) is 19.0. The lowest BCUT2D eigenvalue weighted by Gasteiger charge is -2.38. The maximum atomic E-state index is 12.2. The number of allylic oxidation sites excluding steroid dienone is 1. The number of sulfone groups is 1. The van der Waals surface area contributed by atoms with Crippen LogP contribution in [0.5, 0.6) is 5.75 Å². The number of nitrogens with zero attached hydrogens (tertiary/aromatic N) is 1. The van der Waals surface area contributed by atoms with Crippen LogP contribution in [0, 0.1) is 11.8 Å². The van der Waals surface area contributed by atoms with Gasteiger partial charge in [-0.2, -0.15) is 0 Å². The molecular weight excluding hydrogens is 367 g/mol. The number of ether oxygens (including phenoxy) is 1. The van der Waals surface area contributed by atoms with Gasteiger partial charge in [0.15, 0.2) is 9.84 Å². The Morgan fingerprint density at radius 2 is 2.26 bits per heavy atom. The number of nitrogens with one attached hydrogen (secondary N) is 1. The highest BCUT2D eigenvalue weighted by atomic mass is 32.2. The first-order valence-corrected chi connectivity index (χ1v) is 11.0. The highest BCUT2D eigenvalue weighted by Gasteiger charge is 2.39. The molecule has 0 spiro atoms. The Morgan fingerprint density at radius 1 is 1.44 bits per heavy atom. The maximum absolute atomic E-state index is 12.2. The summed E-state index contributed by atoms with van der Waals surface area (Å²) >= 11 is 0. The van der Waals surface area contributed by atoms with E-state index in [1.807, 2.05) is 12.3 Å². The van der Waals surface area contributed by atoms with Crippen LogP contribution in [0.4, 0.5) is 0 Å². The van der Waals surface area contributed by atoms with E-state index in [4.69, 9.17) is 9.39 Å². The summed E-state index contributed by atoms with van der Waals surface area (Å²) in [5, 5.41) is 11.0. The molecule has 3 heterocycles. The van der Waals surface area contributed by atoms with Crippen LogP contribution in [-0.2, 0) is 14.6 Å². The van der Waals surface area contributed by atoms with Crippen molar-refractivity contribution in [2.75, 3.05) is 25.2 Å². The van der Waals surface area contributed by atoms with Crippen molar-refractivity contribution in [1.82, 2.24) is 9.97 Å². The SMILES string of the molecule is COCCCS(=O)(=O)CC1CC(C2=CB(O)Oc3cnc4[nH]ccc4c32)C1. The molecule has 4 rings (SSSR count). The Labute approximate surface area is 158 Å². The van der Waals surface area contributed by atoms with Gasteiger partial charge in [0, 0.05) is 30.9 Å². The third-order valence-corrected chi connectivity index (χ3v) is 7.27. The lowest BCUT2D eigenvalue weighted by molar-refractivity contribution is 0.199. The van der Waals surface area contributed by atoms with Crippen LogP contribution in [0.15, 0.2) is 24.4 Å². The van der Waals surface area contributed by atoms with Crippen LogP contribution in [0.1, 0.15) is 24.8 Å². The van der Waals surface area contributed by atoms with Crippen LogP contribution in [0.3, 0.4) is 0 Å². The van der Waals surface area contributed by atoms with E-state index in [9.17, 15) is 13.4 Å². The molecule has 0 unspecified atom stereocenters. The smallest absolute Gasteiger partial charge is 0.531 e. The second-order valence-electron chi connectivity index (χ2n) is 7.36. The van der Waals surface area contributed by atoms with Gasteiger partial charge in [-0.1, -0.05) is 0 Å². The predicted molar refractivity (Wildman–Crippen MR) is 104 cm³/mol. The van der Waals surface area contributed by atoms with Gasteiger partial charge in [0.2, 0.25) is 0 Å². The fraction of sp³-hybridized carbons (Fsp3) is 0.500. The Morgan fingerprint density at radius 3 is 3.04 bits per heavy atom. The van der Waals surface area contributed by atoms with Gasteiger partial charge in [-0.25, -0.2) is 13.4 Å². The normalized spacial score (nSPS) is 22.1. The summed E-state index contributed by atoms with van der Waals surface area (Å²) in [6, 6.07) is 1.95. The molecule has 1 aliphatic heterocycles. The van der Waals surface area contributed by atoms with Crippen molar-refractivity contribution < 1.29 is 22.8 Å². The van der Waals surface area contributed by atoms with Crippen molar-refractivity contribution in [3.05, 3.63) is 30.0 Å². The number of aromatic nitrogens is 2. The molecule has 1 aliphatic carbocycles. The number of hydrogen-bond acceptors (Lipinski definition) is 6. The topological polar surface area (TPSA) is 102 Å². The molecule has 7 nitrogen and oxygen atoms in total. The summed E-state index contributed by atoms with van der Waals surface area (Å²) in [7, 11) is -2.47.